The predicted octanol–water partition coefficient (Wildman–Crippen LogP) is 3.35. The lowest BCUT2D eigenvalue weighted by Crippen LogP contribution is -2.08. The summed E-state index contributed by atoms with van der Waals surface area (Å²) in [5.74, 6) is 0.505. The molecule has 3 rings (SSSR count). The zero-order valence-electron chi connectivity index (χ0n) is 12.8. The van der Waals surface area contributed by atoms with E-state index in [1.165, 1.54) is 6.07 Å². The van der Waals surface area contributed by atoms with E-state index in [0.29, 0.717) is 26.9 Å². The van der Waals surface area contributed by atoms with Gasteiger partial charge in [-0.15, -0.1) is 10.2 Å². The van der Waals surface area contributed by atoms with Crippen LogP contribution in [0.5, 0.6) is 10.9 Å². The lowest BCUT2D eigenvalue weighted by atomic mass is 10.2. The molecule has 0 bridgehead atoms. The van der Waals surface area contributed by atoms with Gasteiger partial charge in [-0.1, -0.05) is 16.4 Å². The molecule has 0 radical (unpaired) electrons. The van der Waals surface area contributed by atoms with Gasteiger partial charge in [-0.05, 0) is 44.6 Å². The third kappa shape index (κ3) is 4.66. The van der Waals surface area contributed by atoms with Crippen molar-refractivity contribution in [1.82, 2.24) is 30.8 Å². The van der Waals surface area contributed by atoms with Gasteiger partial charge in [0.15, 0.2) is 5.01 Å². The fraction of sp³-hybridized carbons (Fsp3) is 0.308. The van der Waals surface area contributed by atoms with E-state index in [0.717, 1.165) is 23.5 Å². The van der Waals surface area contributed by atoms with Crippen LogP contribution in [0.3, 0.4) is 0 Å². The van der Waals surface area contributed by atoms with Crippen LogP contribution in [0.25, 0.3) is 10.8 Å². The molecule has 1 N–H and O–H groups in total. The first-order chi connectivity index (χ1) is 12.4. The van der Waals surface area contributed by atoms with Gasteiger partial charge in [-0.25, -0.2) is 5.10 Å². The maximum absolute atomic E-state index is 12.7. The first-order valence-corrected chi connectivity index (χ1v) is 8.74. The molecule has 138 valence electrons. The fourth-order valence-corrected chi connectivity index (χ4v) is 2.82. The molecule has 2 aromatic heterocycles. The van der Waals surface area contributed by atoms with Crippen molar-refractivity contribution in [2.75, 3.05) is 13.2 Å². The van der Waals surface area contributed by atoms with Crippen LogP contribution >= 0.6 is 27.3 Å². The average molecular weight is 451 g/mol. The lowest BCUT2D eigenvalue weighted by Gasteiger charge is -2.12. The number of hydrogen-bond donors (Lipinski definition) is 1. The minimum Gasteiger partial charge on any atom is -0.492 e. The van der Waals surface area contributed by atoms with Crippen molar-refractivity contribution in [1.29, 1.82) is 0 Å². The Hall–Kier alpha value is -2.28. The average Bonchev–Trinajstić information content (AvgIpc) is 3.26. The fourth-order valence-electron chi connectivity index (χ4n) is 1.80. The van der Waals surface area contributed by atoms with Crippen molar-refractivity contribution in [2.24, 2.45) is 0 Å². The summed E-state index contributed by atoms with van der Waals surface area (Å²) in [6.45, 7) is 0.442. The van der Waals surface area contributed by atoms with E-state index >= 15 is 0 Å². The molecule has 0 fully saturated rings. The first kappa shape index (κ1) is 18.5. The van der Waals surface area contributed by atoms with Crippen LogP contribution in [0.2, 0.25) is 0 Å². The van der Waals surface area contributed by atoms with Crippen molar-refractivity contribution < 1.29 is 22.6 Å². The molecule has 1 aromatic carbocycles. The number of benzene rings is 1. The molecule has 2 heterocycles. The van der Waals surface area contributed by atoms with Gasteiger partial charge >= 0.3 is 6.18 Å². The minimum atomic E-state index is -4.42. The topological polar surface area (TPSA) is 98.7 Å². The van der Waals surface area contributed by atoms with E-state index in [4.69, 9.17) is 9.47 Å². The van der Waals surface area contributed by atoms with Crippen LogP contribution in [0.1, 0.15) is 12.0 Å². The van der Waals surface area contributed by atoms with E-state index in [1.807, 2.05) is 0 Å². The number of tetrazole rings is 1. The van der Waals surface area contributed by atoms with Gasteiger partial charge in [0, 0.05) is 6.42 Å². The van der Waals surface area contributed by atoms with Gasteiger partial charge in [-0.3, -0.25) is 0 Å². The molecule has 0 unspecified atom stereocenters. The highest BCUT2D eigenvalue weighted by atomic mass is 79.9. The third-order valence-corrected chi connectivity index (χ3v) is 4.48. The molecule has 13 heteroatoms. The van der Waals surface area contributed by atoms with Gasteiger partial charge in [0.05, 0.1) is 23.2 Å². The molecule has 0 amide bonds. The Bertz CT molecular complexity index is 858. The third-order valence-electron chi connectivity index (χ3n) is 2.98. The van der Waals surface area contributed by atoms with Gasteiger partial charge in [0.25, 0.3) is 5.19 Å². The summed E-state index contributed by atoms with van der Waals surface area (Å²) in [7, 11) is 0. The van der Waals surface area contributed by atoms with Gasteiger partial charge in [0.2, 0.25) is 5.82 Å². The zero-order valence-corrected chi connectivity index (χ0v) is 15.2. The SMILES string of the molecule is FC(F)(F)c1ccc(Br)c(OCCCOc2nnc(-c3nnn[nH]3)s2)c1. The van der Waals surface area contributed by atoms with Crippen molar-refractivity contribution >= 4 is 27.3 Å². The van der Waals surface area contributed by atoms with Crippen LogP contribution in [0.15, 0.2) is 22.7 Å². The van der Waals surface area contributed by atoms with Crippen LogP contribution in [0.4, 0.5) is 13.2 Å². The summed E-state index contributed by atoms with van der Waals surface area (Å²) in [5, 5.41) is 21.7. The number of nitrogens with zero attached hydrogens (tertiary/aromatic N) is 5. The number of rotatable bonds is 7. The Morgan fingerprint density at radius 1 is 1.12 bits per heavy atom. The highest BCUT2D eigenvalue weighted by Crippen LogP contribution is 2.35. The molecule has 0 aliphatic heterocycles. The number of halogens is 4. The Balaban J connectivity index is 1.46. The number of H-pyrrole nitrogens is 1. The van der Waals surface area contributed by atoms with E-state index in [2.05, 4.69) is 46.8 Å². The number of aromatic amines is 1. The zero-order chi connectivity index (χ0) is 18.6. The second-order valence-electron chi connectivity index (χ2n) is 4.82. The summed E-state index contributed by atoms with van der Waals surface area (Å²) in [4.78, 5) is 0. The monoisotopic (exact) mass is 450 g/mol. The Kier molecular flexibility index (Phi) is 5.66. The van der Waals surface area contributed by atoms with Crippen LogP contribution in [-0.2, 0) is 6.18 Å². The van der Waals surface area contributed by atoms with Gasteiger partial charge in [-0.2, -0.15) is 13.2 Å². The lowest BCUT2D eigenvalue weighted by molar-refractivity contribution is -0.137. The van der Waals surface area contributed by atoms with E-state index in [9.17, 15) is 13.2 Å². The molecule has 26 heavy (non-hydrogen) atoms. The van der Waals surface area contributed by atoms with Crippen LogP contribution in [-0.4, -0.2) is 44.0 Å². The molecule has 0 spiro atoms. The highest BCUT2D eigenvalue weighted by molar-refractivity contribution is 9.10. The molecule has 0 aliphatic rings. The molecular formula is C13H10BrF3N6O2S. The van der Waals surface area contributed by atoms with Crippen molar-refractivity contribution in [3.05, 3.63) is 28.2 Å². The quantitative estimate of drug-likeness (QED) is 0.551. The van der Waals surface area contributed by atoms with E-state index < -0.39 is 11.7 Å². The Morgan fingerprint density at radius 2 is 1.92 bits per heavy atom. The summed E-state index contributed by atoms with van der Waals surface area (Å²) in [5.41, 5.74) is -0.768. The highest BCUT2D eigenvalue weighted by Gasteiger charge is 2.31. The van der Waals surface area contributed by atoms with Crippen LogP contribution < -0.4 is 9.47 Å². The molecule has 0 atom stereocenters. The number of nitrogens with one attached hydrogen (secondary N) is 1. The molecular weight excluding hydrogens is 441 g/mol. The van der Waals surface area contributed by atoms with E-state index in [-0.39, 0.29) is 19.0 Å². The molecule has 0 saturated carbocycles. The molecule has 3 aromatic rings. The second kappa shape index (κ2) is 7.95. The largest absolute Gasteiger partial charge is 0.492 e. The maximum atomic E-state index is 12.7. The van der Waals surface area contributed by atoms with Crippen LogP contribution in [0, 0.1) is 0 Å². The number of ether oxygens (including phenoxy) is 2. The standard InChI is InChI=1S/C13H10BrF3N6O2S/c14-8-3-2-7(13(15,16)17)6-9(8)24-4-1-5-25-12-21-20-11(26-12)10-18-22-23-19-10/h2-3,6H,1,4-5H2,(H,18,19,22,23). The number of aromatic nitrogens is 6. The molecule has 8 nitrogen and oxygen atoms in total. The Morgan fingerprint density at radius 3 is 2.65 bits per heavy atom. The maximum Gasteiger partial charge on any atom is 0.416 e. The van der Waals surface area contributed by atoms with Crippen molar-refractivity contribution in [3.8, 4) is 21.8 Å². The minimum absolute atomic E-state index is 0.121. The summed E-state index contributed by atoms with van der Waals surface area (Å²) >= 11 is 4.33. The predicted molar refractivity (Wildman–Crippen MR) is 87.8 cm³/mol. The Labute approximate surface area is 156 Å². The first-order valence-electron chi connectivity index (χ1n) is 7.13. The van der Waals surface area contributed by atoms with Gasteiger partial charge in [0.1, 0.15) is 5.75 Å². The van der Waals surface area contributed by atoms with Crippen molar-refractivity contribution in [2.45, 2.75) is 12.6 Å². The summed E-state index contributed by atoms with van der Waals surface area (Å²) in [6.07, 6.45) is -3.97. The normalized spacial score (nSPS) is 11.5. The smallest absolute Gasteiger partial charge is 0.416 e. The number of alkyl halides is 3. The molecule has 0 aliphatic carbocycles. The number of hydrogen-bond acceptors (Lipinski definition) is 8. The second-order valence-corrected chi connectivity index (χ2v) is 6.61. The molecule has 0 saturated heterocycles. The summed E-state index contributed by atoms with van der Waals surface area (Å²) < 4.78 is 49.4. The summed E-state index contributed by atoms with van der Waals surface area (Å²) in [6, 6.07) is 3.24. The van der Waals surface area contributed by atoms with Crippen molar-refractivity contribution in [3.63, 3.8) is 0 Å². The van der Waals surface area contributed by atoms with Gasteiger partial charge < -0.3 is 9.47 Å². The van der Waals surface area contributed by atoms with E-state index in [1.54, 1.807) is 0 Å².